The molecule has 0 unspecified atom stereocenters. The highest BCUT2D eigenvalue weighted by atomic mass is 19.1. The number of carbonyl (C=O) groups excluding carboxylic acids is 2. The first-order valence-corrected chi connectivity index (χ1v) is 8.06. The SMILES string of the molecule is CCCOc1cc(F)ccc1NC(=O)[C@H]1CC(=O)N[C@@H](CC)C1. The zero-order valence-electron chi connectivity index (χ0n) is 13.5. The van der Waals surface area contributed by atoms with E-state index in [4.69, 9.17) is 4.74 Å². The number of benzene rings is 1. The molecule has 1 aliphatic rings. The molecule has 23 heavy (non-hydrogen) atoms. The van der Waals surface area contributed by atoms with Gasteiger partial charge in [-0.2, -0.15) is 0 Å². The van der Waals surface area contributed by atoms with Crippen LogP contribution in [0.5, 0.6) is 5.75 Å². The van der Waals surface area contributed by atoms with Crippen LogP contribution in [-0.4, -0.2) is 24.5 Å². The fraction of sp³-hybridized carbons (Fsp3) is 0.529. The number of piperidine rings is 1. The molecule has 6 heteroatoms. The van der Waals surface area contributed by atoms with Gasteiger partial charge in [0.25, 0.3) is 0 Å². The Bertz CT molecular complexity index is 577. The molecule has 0 spiro atoms. The van der Waals surface area contributed by atoms with Crippen molar-refractivity contribution in [3.63, 3.8) is 0 Å². The monoisotopic (exact) mass is 322 g/mol. The van der Waals surface area contributed by atoms with E-state index < -0.39 is 5.82 Å². The highest BCUT2D eigenvalue weighted by Gasteiger charge is 2.30. The van der Waals surface area contributed by atoms with Crippen LogP contribution in [-0.2, 0) is 9.59 Å². The predicted octanol–water partition coefficient (Wildman–Crippen LogP) is 2.86. The molecule has 0 aliphatic carbocycles. The number of halogens is 1. The van der Waals surface area contributed by atoms with Crippen molar-refractivity contribution in [1.29, 1.82) is 0 Å². The van der Waals surface area contributed by atoms with Gasteiger partial charge in [0.05, 0.1) is 12.3 Å². The first-order valence-electron chi connectivity index (χ1n) is 8.06. The number of ether oxygens (including phenoxy) is 1. The van der Waals surface area contributed by atoms with Gasteiger partial charge in [0.2, 0.25) is 11.8 Å². The van der Waals surface area contributed by atoms with E-state index in [-0.39, 0.29) is 30.2 Å². The van der Waals surface area contributed by atoms with Crippen molar-refractivity contribution in [1.82, 2.24) is 5.32 Å². The summed E-state index contributed by atoms with van der Waals surface area (Å²) in [6, 6.07) is 4.04. The molecular weight excluding hydrogens is 299 g/mol. The quantitative estimate of drug-likeness (QED) is 0.846. The predicted molar refractivity (Wildman–Crippen MR) is 85.8 cm³/mol. The summed E-state index contributed by atoms with van der Waals surface area (Å²) in [5.41, 5.74) is 0.434. The molecule has 5 nitrogen and oxygen atoms in total. The normalized spacial score (nSPS) is 20.7. The average Bonchev–Trinajstić information content (AvgIpc) is 2.54. The van der Waals surface area contributed by atoms with Crippen LogP contribution in [0.25, 0.3) is 0 Å². The number of anilines is 1. The summed E-state index contributed by atoms with van der Waals surface area (Å²) in [5.74, 6) is -0.821. The van der Waals surface area contributed by atoms with E-state index in [1.54, 1.807) is 0 Å². The molecule has 2 atom stereocenters. The molecule has 0 aromatic heterocycles. The number of rotatable bonds is 6. The molecule has 1 aliphatic heterocycles. The van der Waals surface area contributed by atoms with Gasteiger partial charge in [0.1, 0.15) is 11.6 Å². The van der Waals surface area contributed by atoms with E-state index in [9.17, 15) is 14.0 Å². The summed E-state index contributed by atoms with van der Waals surface area (Å²) in [6.07, 6.45) is 2.36. The van der Waals surface area contributed by atoms with Crippen molar-refractivity contribution >= 4 is 17.5 Å². The summed E-state index contributed by atoms with van der Waals surface area (Å²) >= 11 is 0. The third kappa shape index (κ3) is 4.68. The Balaban J connectivity index is 2.08. The molecule has 1 aromatic carbocycles. The van der Waals surface area contributed by atoms with E-state index >= 15 is 0 Å². The minimum atomic E-state index is -0.419. The van der Waals surface area contributed by atoms with Gasteiger partial charge in [-0.15, -0.1) is 0 Å². The Morgan fingerprint density at radius 3 is 2.91 bits per heavy atom. The van der Waals surface area contributed by atoms with Crippen LogP contribution in [0.4, 0.5) is 10.1 Å². The second-order valence-electron chi connectivity index (χ2n) is 5.79. The van der Waals surface area contributed by atoms with E-state index in [0.717, 1.165) is 12.8 Å². The van der Waals surface area contributed by atoms with Crippen LogP contribution in [0, 0.1) is 11.7 Å². The Morgan fingerprint density at radius 2 is 2.22 bits per heavy atom. The maximum atomic E-state index is 13.4. The highest BCUT2D eigenvalue weighted by molar-refractivity contribution is 5.96. The van der Waals surface area contributed by atoms with Crippen LogP contribution in [0.1, 0.15) is 39.5 Å². The standard InChI is InChI=1S/C17H23FN2O3/c1-3-7-23-15-10-12(18)5-6-14(15)20-17(22)11-8-13(4-2)19-16(21)9-11/h5-6,10-11,13H,3-4,7-9H2,1-2H3,(H,19,21)(H,20,22)/t11-,13+/m1/s1. The molecular formula is C17H23FN2O3. The molecule has 1 fully saturated rings. The first kappa shape index (κ1) is 17.2. The molecule has 0 radical (unpaired) electrons. The van der Waals surface area contributed by atoms with E-state index in [0.29, 0.717) is 24.5 Å². The topological polar surface area (TPSA) is 67.4 Å². The summed E-state index contributed by atoms with van der Waals surface area (Å²) in [5, 5.41) is 5.64. The molecule has 0 bridgehead atoms. The Kier molecular flexibility index (Phi) is 5.96. The maximum Gasteiger partial charge on any atom is 0.228 e. The van der Waals surface area contributed by atoms with Crippen molar-refractivity contribution in [2.24, 2.45) is 5.92 Å². The zero-order valence-corrected chi connectivity index (χ0v) is 13.5. The number of nitrogens with one attached hydrogen (secondary N) is 2. The fourth-order valence-corrected chi connectivity index (χ4v) is 2.63. The lowest BCUT2D eigenvalue weighted by Crippen LogP contribution is -2.45. The van der Waals surface area contributed by atoms with E-state index in [1.165, 1.54) is 18.2 Å². The van der Waals surface area contributed by atoms with Crippen molar-refractivity contribution in [2.45, 2.75) is 45.6 Å². The molecule has 1 saturated heterocycles. The van der Waals surface area contributed by atoms with Gasteiger partial charge in [-0.1, -0.05) is 13.8 Å². The van der Waals surface area contributed by atoms with Gasteiger partial charge in [0, 0.05) is 24.4 Å². The van der Waals surface area contributed by atoms with Gasteiger partial charge in [-0.05, 0) is 31.4 Å². The van der Waals surface area contributed by atoms with E-state index in [1.807, 2.05) is 13.8 Å². The van der Waals surface area contributed by atoms with Crippen molar-refractivity contribution in [3.8, 4) is 5.75 Å². The first-order chi connectivity index (χ1) is 11.0. The minimum Gasteiger partial charge on any atom is -0.491 e. The Morgan fingerprint density at radius 1 is 1.43 bits per heavy atom. The molecule has 0 saturated carbocycles. The number of hydrogen-bond donors (Lipinski definition) is 2. The number of hydrogen-bond acceptors (Lipinski definition) is 3. The zero-order chi connectivity index (χ0) is 16.8. The van der Waals surface area contributed by atoms with Crippen molar-refractivity contribution in [3.05, 3.63) is 24.0 Å². The van der Waals surface area contributed by atoms with Crippen LogP contribution in [0.3, 0.4) is 0 Å². The fourth-order valence-electron chi connectivity index (χ4n) is 2.63. The summed E-state index contributed by atoms with van der Waals surface area (Å²) in [6.45, 7) is 4.36. The second-order valence-corrected chi connectivity index (χ2v) is 5.79. The third-order valence-corrected chi connectivity index (χ3v) is 3.89. The van der Waals surface area contributed by atoms with Gasteiger partial charge in [-0.25, -0.2) is 4.39 Å². The average molecular weight is 322 g/mol. The third-order valence-electron chi connectivity index (χ3n) is 3.89. The van der Waals surface area contributed by atoms with Crippen molar-refractivity contribution < 1.29 is 18.7 Å². The Hall–Kier alpha value is -2.11. The van der Waals surface area contributed by atoms with Crippen LogP contribution >= 0.6 is 0 Å². The second kappa shape index (κ2) is 7.94. The molecule has 2 N–H and O–H groups in total. The van der Waals surface area contributed by atoms with Crippen LogP contribution in [0.15, 0.2) is 18.2 Å². The van der Waals surface area contributed by atoms with Gasteiger partial charge >= 0.3 is 0 Å². The lowest BCUT2D eigenvalue weighted by molar-refractivity contribution is -0.130. The lowest BCUT2D eigenvalue weighted by Gasteiger charge is -2.28. The van der Waals surface area contributed by atoms with Crippen LogP contribution in [0.2, 0.25) is 0 Å². The largest absolute Gasteiger partial charge is 0.491 e. The van der Waals surface area contributed by atoms with Gasteiger partial charge in [-0.3, -0.25) is 9.59 Å². The maximum absolute atomic E-state index is 13.4. The minimum absolute atomic E-state index is 0.0241. The molecule has 1 heterocycles. The van der Waals surface area contributed by atoms with Crippen LogP contribution < -0.4 is 15.4 Å². The van der Waals surface area contributed by atoms with Gasteiger partial charge in [0.15, 0.2) is 0 Å². The lowest BCUT2D eigenvalue weighted by atomic mass is 9.90. The number of carbonyl (C=O) groups is 2. The summed E-state index contributed by atoms with van der Waals surface area (Å²) < 4.78 is 18.9. The Labute approximate surface area is 135 Å². The summed E-state index contributed by atoms with van der Waals surface area (Å²) in [4.78, 5) is 24.1. The highest BCUT2D eigenvalue weighted by Crippen LogP contribution is 2.28. The smallest absolute Gasteiger partial charge is 0.228 e. The molecule has 2 amide bonds. The van der Waals surface area contributed by atoms with Crippen molar-refractivity contribution in [2.75, 3.05) is 11.9 Å². The molecule has 126 valence electrons. The summed E-state index contributed by atoms with van der Waals surface area (Å²) in [7, 11) is 0. The molecule has 1 aromatic rings. The number of amides is 2. The molecule has 2 rings (SSSR count). The van der Waals surface area contributed by atoms with Gasteiger partial charge < -0.3 is 15.4 Å². The van der Waals surface area contributed by atoms with E-state index in [2.05, 4.69) is 10.6 Å².